The Bertz CT molecular complexity index is 750. The molecular formula is C26H36O5. The highest BCUT2D eigenvalue weighted by Crippen LogP contribution is 2.33. The summed E-state index contributed by atoms with van der Waals surface area (Å²) in [6.45, 7) is 11.5. The van der Waals surface area contributed by atoms with Crippen LogP contribution >= 0.6 is 0 Å². The van der Waals surface area contributed by atoms with Crippen molar-refractivity contribution in [2.75, 3.05) is 46.2 Å². The quantitative estimate of drug-likeness (QED) is 0.295. The van der Waals surface area contributed by atoms with Gasteiger partial charge in [-0.05, 0) is 42.3 Å². The molecule has 0 radical (unpaired) electrons. The van der Waals surface area contributed by atoms with Crippen LogP contribution in [0.1, 0.15) is 44.7 Å². The van der Waals surface area contributed by atoms with Crippen LogP contribution in [0.2, 0.25) is 0 Å². The zero-order valence-corrected chi connectivity index (χ0v) is 19.1. The molecule has 0 spiro atoms. The summed E-state index contributed by atoms with van der Waals surface area (Å²) in [5.74, 6) is 1.79. The van der Waals surface area contributed by atoms with Gasteiger partial charge in [0.15, 0.2) is 0 Å². The Kier molecular flexibility index (Phi) is 9.19. The number of ether oxygens (including phenoxy) is 5. The molecule has 2 aromatic rings. The van der Waals surface area contributed by atoms with Gasteiger partial charge in [0, 0.05) is 38.1 Å². The van der Waals surface area contributed by atoms with Crippen LogP contribution in [0.25, 0.3) is 0 Å². The van der Waals surface area contributed by atoms with Gasteiger partial charge in [-0.2, -0.15) is 0 Å². The highest BCUT2D eigenvalue weighted by molar-refractivity contribution is 5.41. The molecule has 1 heterocycles. The standard InChI is InChI=1S/C26H36O5/c1-4-27-15-5-17-29-23-11-7-21(8-12-23)26(2,3)22-9-13-24(14-10-22)30-18-6-16-28-19-25-20-31-25/h7-14,25H,4-6,15-20H2,1-3H3. The van der Waals surface area contributed by atoms with E-state index in [1.54, 1.807) is 0 Å². The minimum atomic E-state index is -0.106. The molecule has 170 valence electrons. The van der Waals surface area contributed by atoms with Gasteiger partial charge in [0.25, 0.3) is 0 Å². The van der Waals surface area contributed by atoms with E-state index in [-0.39, 0.29) is 5.41 Å². The van der Waals surface area contributed by atoms with E-state index in [4.69, 9.17) is 23.7 Å². The van der Waals surface area contributed by atoms with Crippen LogP contribution in [-0.4, -0.2) is 52.4 Å². The second-order valence-electron chi connectivity index (χ2n) is 8.30. The molecule has 0 N–H and O–H groups in total. The van der Waals surface area contributed by atoms with E-state index >= 15 is 0 Å². The lowest BCUT2D eigenvalue weighted by molar-refractivity contribution is 0.104. The third-order valence-electron chi connectivity index (χ3n) is 5.47. The Morgan fingerprint density at radius 3 is 1.71 bits per heavy atom. The van der Waals surface area contributed by atoms with Crippen molar-refractivity contribution in [3.63, 3.8) is 0 Å². The van der Waals surface area contributed by atoms with E-state index < -0.39 is 0 Å². The monoisotopic (exact) mass is 428 g/mol. The van der Waals surface area contributed by atoms with Gasteiger partial charge in [0.1, 0.15) is 17.6 Å². The van der Waals surface area contributed by atoms with Gasteiger partial charge in [-0.1, -0.05) is 38.1 Å². The van der Waals surface area contributed by atoms with E-state index in [0.29, 0.717) is 32.5 Å². The molecule has 1 unspecified atom stereocenters. The molecule has 1 fully saturated rings. The molecule has 0 amide bonds. The lowest BCUT2D eigenvalue weighted by atomic mass is 9.78. The molecule has 1 aliphatic rings. The summed E-state index contributed by atoms with van der Waals surface area (Å²) in [4.78, 5) is 0. The minimum absolute atomic E-state index is 0.106. The number of hydrogen-bond donors (Lipinski definition) is 0. The Morgan fingerprint density at radius 2 is 1.26 bits per heavy atom. The van der Waals surface area contributed by atoms with Gasteiger partial charge >= 0.3 is 0 Å². The second kappa shape index (κ2) is 12.1. The lowest BCUT2D eigenvalue weighted by Crippen LogP contribution is -2.18. The SMILES string of the molecule is CCOCCCOc1ccc(C(C)(C)c2ccc(OCCCOCC3CO3)cc2)cc1. The fraction of sp³-hybridized carbons (Fsp3) is 0.538. The summed E-state index contributed by atoms with van der Waals surface area (Å²) in [6, 6.07) is 16.8. The van der Waals surface area contributed by atoms with Gasteiger partial charge < -0.3 is 23.7 Å². The predicted octanol–water partition coefficient (Wildman–Crippen LogP) is 5.00. The van der Waals surface area contributed by atoms with Crippen molar-refractivity contribution < 1.29 is 23.7 Å². The predicted molar refractivity (Wildman–Crippen MR) is 122 cm³/mol. The van der Waals surface area contributed by atoms with Crippen LogP contribution in [0, 0.1) is 0 Å². The van der Waals surface area contributed by atoms with Crippen molar-refractivity contribution in [1.29, 1.82) is 0 Å². The van der Waals surface area contributed by atoms with Gasteiger partial charge in [-0.25, -0.2) is 0 Å². The molecule has 1 atom stereocenters. The minimum Gasteiger partial charge on any atom is -0.494 e. The van der Waals surface area contributed by atoms with E-state index in [9.17, 15) is 0 Å². The average Bonchev–Trinajstić information content (AvgIpc) is 3.61. The summed E-state index contributed by atoms with van der Waals surface area (Å²) in [5.41, 5.74) is 2.39. The van der Waals surface area contributed by atoms with Gasteiger partial charge in [0.05, 0.1) is 26.4 Å². The molecule has 0 saturated carbocycles. The largest absolute Gasteiger partial charge is 0.494 e. The summed E-state index contributed by atoms with van der Waals surface area (Å²) < 4.78 is 27.6. The maximum Gasteiger partial charge on any atom is 0.119 e. The Balaban J connectivity index is 1.44. The molecule has 0 aliphatic carbocycles. The molecule has 0 aromatic heterocycles. The van der Waals surface area contributed by atoms with Crippen LogP contribution in [0.15, 0.2) is 48.5 Å². The van der Waals surface area contributed by atoms with E-state index in [1.165, 1.54) is 11.1 Å². The highest BCUT2D eigenvalue weighted by Gasteiger charge is 2.23. The van der Waals surface area contributed by atoms with E-state index in [2.05, 4.69) is 38.1 Å². The van der Waals surface area contributed by atoms with Crippen molar-refractivity contribution in [3.8, 4) is 11.5 Å². The molecule has 5 nitrogen and oxygen atoms in total. The molecule has 5 heteroatoms. The van der Waals surface area contributed by atoms with E-state index in [1.807, 2.05) is 31.2 Å². The maximum atomic E-state index is 5.84. The third kappa shape index (κ3) is 7.84. The van der Waals surface area contributed by atoms with Crippen LogP contribution in [0.4, 0.5) is 0 Å². The van der Waals surface area contributed by atoms with Gasteiger partial charge in [-0.3, -0.25) is 0 Å². The number of epoxide rings is 1. The number of benzene rings is 2. The maximum absolute atomic E-state index is 5.84. The molecule has 0 bridgehead atoms. The van der Waals surface area contributed by atoms with Crippen LogP contribution in [0.3, 0.4) is 0 Å². The Hall–Kier alpha value is -2.08. The number of rotatable bonds is 15. The molecule has 2 aromatic carbocycles. The van der Waals surface area contributed by atoms with Crippen molar-refractivity contribution in [2.24, 2.45) is 0 Å². The first-order valence-electron chi connectivity index (χ1n) is 11.3. The first kappa shape index (κ1) is 23.6. The molecular weight excluding hydrogens is 392 g/mol. The first-order valence-corrected chi connectivity index (χ1v) is 11.3. The topological polar surface area (TPSA) is 49.5 Å². The summed E-state index contributed by atoms with van der Waals surface area (Å²) >= 11 is 0. The fourth-order valence-corrected chi connectivity index (χ4v) is 3.33. The normalized spacial score (nSPS) is 15.6. The molecule has 1 saturated heterocycles. The smallest absolute Gasteiger partial charge is 0.119 e. The van der Waals surface area contributed by atoms with Crippen molar-refractivity contribution in [3.05, 3.63) is 59.7 Å². The van der Waals surface area contributed by atoms with Crippen LogP contribution in [-0.2, 0) is 19.6 Å². The highest BCUT2D eigenvalue weighted by atomic mass is 16.6. The summed E-state index contributed by atoms with van der Waals surface area (Å²) in [5, 5.41) is 0. The fourth-order valence-electron chi connectivity index (χ4n) is 3.33. The zero-order chi connectivity index (χ0) is 21.9. The Morgan fingerprint density at radius 1 is 0.774 bits per heavy atom. The molecule has 1 aliphatic heterocycles. The van der Waals surface area contributed by atoms with Gasteiger partial charge in [-0.15, -0.1) is 0 Å². The molecule has 3 rings (SSSR count). The van der Waals surface area contributed by atoms with E-state index in [0.717, 1.165) is 44.2 Å². The third-order valence-corrected chi connectivity index (χ3v) is 5.47. The second-order valence-corrected chi connectivity index (χ2v) is 8.30. The summed E-state index contributed by atoms with van der Waals surface area (Å²) in [7, 11) is 0. The lowest BCUT2D eigenvalue weighted by Gasteiger charge is -2.26. The molecule has 31 heavy (non-hydrogen) atoms. The Labute approximate surface area is 186 Å². The summed E-state index contributed by atoms with van der Waals surface area (Å²) in [6.07, 6.45) is 2.10. The van der Waals surface area contributed by atoms with Crippen molar-refractivity contribution >= 4 is 0 Å². The van der Waals surface area contributed by atoms with Crippen LogP contribution in [0.5, 0.6) is 11.5 Å². The van der Waals surface area contributed by atoms with Crippen molar-refractivity contribution in [1.82, 2.24) is 0 Å². The first-order chi connectivity index (χ1) is 15.1. The van der Waals surface area contributed by atoms with Crippen LogP contribution < -0.4 is 9.47 Å². The van der Waals surface area contributed by atoms with Gasteiger partial charge in [0.2, 0.25) is 0 Å². The number of hydrogen-bond acceptors (Lipinski definition) is 5. The van der Waals surface area contributed by atoms with Crippen molar-refractivity contribution in [2.45, 2.75) is 45.1 Å². The average molecular weight is 429 g/mol. The zero-order valence-electron chi connectivity index (χ0n) is 19.1.